The van der Waals surface area contributed by atoms with E-state index in [-0.39, 0.29) is 11.3 Å². The van der Waals surface area contributed by atoms with Crippen LogP contribution in [0.15, 0.2) is 18.2 Å². The molecule has 1 rings (SSSR count). The van der Waals surface area contributed by atoms with Crippen LogP contribution in [0, 0.1) is 11.6 Å². The lowest BCUT2D eigenvalue weighted by Crippen LogP contribution is -1.91. The molecule has 0 spiro atoms. The molecule has 0 amide bonds. The Balaban J connectivity index is 3.20. The maximum Gasteiger partial charge on any atom is 0.165 e. The average molecular weight is 184 g/mol. The van der Waals surface area contributed by atoms with E-state index < -0.39 is 11.6 Å². The minimum atomic E-state index is -0.558. The Morgan fingerprint density at radius 2 is 1.92 bits per heavy atom. The molecule has 0 aliphatic heterocycles. The molecule has 1 aromatic carbocycles. The Kier molecular flexibility index (Phi) is 3.01. The molecule has 0 bridgehead atoms. The monoisotopic (exact) mass is 184 g/mol. The van der Waals surface area contributed by atoms with E-state index in [0.29, 0.717) is 0 Å². The third kappa shape index (κ3) is 2.05. The number of halogens is 2. The lowest BCUT2D eigenvalue weighted by Gasteiger charge is -2.03. The van der Waals surface area contributed by atoms with Crippen molar-refractivity contribution in [2.45, 2.75) is 6.92 Å². The van der Waals surface area contributed by atoms with Crippen molar-refractivity contribution in [2.24, 2.45) is 0 Å². The van der Waals surface area contributed by atoms with E-state index >= 15 is 0 Å². The van der Waals surface area contributed by atoms with Gasteiger partial charge in [0.1, 0.15) is 5.82 Å². The molecule has 1 nitrogen and oxygen atoms in total. The van der Waals surface area contributed by atoms with Gasteiger partial charge in [-0.15, -0.1) is 0 Å². The molecule has 1 aromatic rings. The second-order valence-electron chi connectivity index (χ2n) is 2.51. The summed E-state index contributed by atoms with van der Waals surface area (Å²) in [5.41, 5.74) is 0.223. The number of ether oxygens (including phenoxy) is 1. The fraction of sp³-hybridized carbons (Fsp3) is 0.200. The van der Waals surface area contributed by atoms with E-state index in [9.17, 15) is 8.78 Å². The van der Waals surface area contributed by atoms with Gasteiger partial charge in [-0.1, -0.05) is 12.2 Å². The molecule has 70 valence electrons. The van der Waals surface area contributed by atoms with Gasteiger partial charge in [-0.3, -0.25) is 0 Å². The van der Waals surface area contributed by atoms with Crippen molar-refractivity contribution >= 4 is 6.08 Å². The molecule has 0 fully saturated rings. The first-order chi connectivity index (χ1) is 6.19. The lowest BCUT2D eigenvalue weighted by atomic mass is 10.2. The maximum atomic E-state index is 13.1. The molecule has 0 unspecified atom stereocenters. The van der Waals surface area contributed by atoms with E-state index in [1.165, 1.54) is 13.2 Å². The van der Waals surface area contributed by atoms with E-state index in [0.717, 1.165) is 12.1 Å². The van der Waals surface area contributed by atoms with Crippen molar-refractivity contribution in [2.75, 3.05) is 7.11 Å². The van der Waals surface area contributed by atoms with Gasteiger partial charge in [-0.2, -0.15) is 0 Å². The molecule has 13 heavy (non-hydrogen) atoms. The topological polar surface area (TPSA) is 9.23 Å². The molecule has 0 aromatic heterocycles. The van der Waals surface area contributed by atoms with Crippen molar-refractivity contribution in [3.63, 3.8) is 0 Å². The number of allylic oxidation sites excluding steroid dienone is 1. The summed E-state index contributed by atoms with van der Waals surface area (Å²) in [4.78, 5) is 0. The summed E-state index contributed by atoms with van der Waals surface area (Å²) in [6.45, 7) is 1.74. The molecule has 3 heteroatoms. The largest absolute Gasteiger partial charge is 0.494 e. The van der Waals surface area contributed by atoms with Gasteiger partial charge in [0.25, 0.3) is 0 Å². The van der Waals surface area contributed by atoms with E-state index in [1.807, 2.05) is 0 Å². The Morgan fingerprint density at radius 1 is 1.23 bits per heavy atom. The van der Waals surface area contributed by atoms with Gasteiger partial charge in [0, 0.05) is 11.6 Å². The minimum absolute atomic E-state index is 0.0780. The molecule has 0 atom stereocenters. The standard InChI is InChI=1S/C10H10F2O/c1-3-4-7-5-9(12)10(13-2)6-8(7)11/h3-6H,1-2H3/b4-3+. The highest BCUT2D eigenvalue weighted by Gasteiger charge is 2.07. The van der Waals surface area contributed by atoms with Crippen LogP contribution in [0.1, 0.15) is 12.5 Å². The lowest BCUT2D eigenvalue weighted by molar-refractivity contribution is 0.382. The van der Waals surface area contributed by atoms with Crippen LogP contribution in [0.3, 0.4) is 0 Å². The third-order valence-corrected chi connectivity index (χ3v) is 1.62. The smallest absolute Gasteiger partial charge is 0.165 e. The normalized spacial score (nSPS) is 10.8. The second kappa shape index (κ2) is 4.03. The highest BCUT2D eigenvalue weighted by molar-refractivity contribution is 5.51. The summed E-state index contributed by atoms with van der Waals surface area (Å²) in [6, 6.07) is 2.14. The molecule has 0 radical (unpaired) electrons. The van der Waals surface area contributed by atoms with Crippen molar-refractivity contribution in [3.05, 3.63) is 35.4 Å². The second-order valence-corrected chi connectivity index (χ2v) is 2.51. The summed E-state index contributed by atoms with van der Waals surface area (Å²) in [5.74, 6) is -1.13. The van der Waals surface area contributed by atoms with E-state index in [4.69, 9.17) is 0 Å². The van der Waals surface area contributed by atoms with E-state index in [2.05, 4.69) is 4.74 Å². The van der Waals surface area contributed by atoms with Gasteiger partial charge < -0.3 is 4.74 Å². The quantitative estimate of drug-likeness (QED) is 0.686. The molecular formula is C10H10F2O. The van der Waals surface area contributed by atoms with Crippen LogP contribution in [0.2, 0.25) is 0 Å². The minimum Gasteiger partial charge on any atom is -0.494 e. The van der Waals surface area contributed by atoms with Crippen molar-refractivity contribution < 1.29 is 13.5 Å². The molecule has 0 saturated heterocycles. The maximum absolute atomic E-state index is 13.1. The van der Waals surface area contributed by atoms with Gasteiger partial charge in [-0.25, -0.2) is 8.78 Å². The SMILES string of the molecule is C/C=C/c1cc(F)c(OC)cc1F. The number of rotatable bonds is 2. The van der Waals surface area contributed by atoms with Crippen molar-refractivity contribution in [1.82, 2.24) is 0 Å². The van der Waals surface area contributed by atoms with Crippen LogP contribution in [0.4, 0.5) is 8.78 Å². The predicted molar refractivity (Wildman–Crippen MR) is 47.6 cm³/mol. The number of benzene rings is 1. The molecule has 0 N–H and O–H groups in total. The average Bonchev–Trinajstić information content (AvgIpc) is 2.11. The molecule has 0 aliphatic rings. The Hall–Kier alpha value is -1.38. The number of hydrogen-bond acceptors (Lipinski definition) is 1. The summed E-state index contributed by atoms with van der Waals surface area (Å²) in [5, 5.41) is 0. The van der Waals surface area contributed by atoms with Crippen molar-refractivity contribution in [3.8, 4) is 5.75 Å². The zero-order chi connectivity index (χ0) is 9.84. The number of hydrogen-bond donors (Lipinski definition) is 0. The highest BCUT2D eigenvalue weighted by Crippen LogP contribution is 2.21. The summed E-state index contributed by atoms with van der Waals surface area (Å²) >= 11 is 0. The summed E-state index contributed by atoms with van der Waals surface area (Å²) in [7, 11) is 1.30. The number of methoxy groups -OCH3 is 1. The zero-order valence-corrected chi connectivity index (χ0v) is 7.47. The van der Waals surface area contributed by atoms with Crippen LogP contribution in [-0.2, 0) is 0 Å². The summed E-state index contributed by atoms with van der Waals surface area (Å²) < 4.78 is 30.8. The Labute approximate surface area is 75.6 Å². The molecule has 0 aliphatic carbocycles. The van der Waals surface area contributed by atoms with Gasteiger partial charge in [0.05, 0.1) is 7.11 Å². The third-order valence-electron chi connectivity index (χ3n) is 1.62. The molecule has 0 heterocycles. The van der Waals surface area contributed by atoms with Gasteiger partial charge >= 0.3 is 0 Å². The van der Waals surface area contributed by atoms with Gasteiger partial charge in [-0.05, 0) is 13.0 Å². The Morgan fingerprint density at radius 3 is 2.46 bits per heavy atom. The van der Waals surface area contributed by atoms with Gasteiger partial charge in [0.2, 0.25) is 0 Å². The fourth-order valence-electron chi connectivity index (χ4n) is 1.01. The van der Waals surface area contributed by atoms with Crippen LogP contribution in [0.5, 0.6) is 5.75 Å². The first-order valence-corrected chi connectivity index (χ1v) is 3.84. The summed E-state index contributed by atoms with van der Waals surface area (Å²) in [6.07, 6.45) is 3.14. The van der Waals surface area contributed by atoms with E-state index in [1.54, 1.807) is 13.0 Å². The van der Waals surface area contributed by atoms with Crippen molar-refractivity contribution in [1.29, 1.82) is 0 Å². The van der Waals surface area contributed by atoms with Gasteiger partial charge in [0.15, 0.2) is 11.6 Å². The molecule has 0 saturated carbocycles. The first kappa shape index (κ1) is 9.71. The van der Waals surface area contributed by atoms with Crippen LogP contribution in [0.25, 0.3) is 6.08 Å². The molecular weight excluding hydrogens is 174 g/mol. The first-order valence-electron chi connectivity index (χ1n) is 3.84. The van der Waals surface area contributed by atoms with Crippen LogP contribution < -0.4 is 4.74 Å². The predicted octanol–water partition coefficient (Wildman–Crippen LogP) is 3.01. The van der Waals surface area contributed by atoms with Crippen LogP contribution in [-0.4, -0.2) is 7.11 Å². The fourth-order valence-corrected chi connectivity index (χ4v) is 1.01. The Bertz CT molecular complexity index is 332. The van der Waals surface area contributed by atoms with Crippen LogP contribution >= 0.6 is 0 Å². The zero-order valence-electron chi connectivity index (χ0n) is 7.47. The highest BCUT2D eigenvalue weighted by atomic mass is 19.1.